The fraction of sp³-hybridized carbons (Fsp3) is 0.407. The standard InChI is InChI=1S/C27H30F3N3O2S/c1-19-11-15-32(16-12-19)14-4-13-31-25(34)18-33-22-5-2-3-6-23(22)36-24(26(33)35)17-20-7-9-21(10-8-20)27(28,29)30/h2-3,5-10,17,19H,4,11-16,18H2,1H3,(H,31,34)/b24-17-. The monoisotopic (exact) mass is 517 g/mol. The Kier molecular flexibility index (Phi) is 8.41. The third-order valence-electron chi connectivity index (χ3n) is 6.52. The molecule has 2 aromatic rings. The zero-order valence-electron chi connectivity index (χ0n) is 20.2. The summed E-state index contributed by atoms with van der Waals surface area (Å²) in [6.07, 6.45) is 0.413. The molecule has 0 aromatic heterocycles. The summed E-state index contributed by atoms with van der Waals surface area (Å²) in [6, 6.07) is 12.0. The molecule has 2 aliphatic rings. The predicted octanol–water partition coefficient (Wildman–Crippen LogP) is 5.42. The van der Waals surface area contributed by atoms with E-state index in [1.807, 2.05) is 18.2 Å². The Labute approximate surface area is 213 Å². The van der Waals surface area contributed by atoms with Crippen LogP contribution < -0.4 is 10.2 Å². The van der Waals surface area contributed by atoms with Gasteiger partial charge in [0, 0.05) is 11.4 Å². The number of alkyl halides is 3. The van der Waals surface area contributed by atoms with E-state index >= 15 is 0 Å². The molecule has 0 atom stereocenters. The van der Waals surface area contributed by atoms with Gasteiger partial charge < -0.3 is 10.2 Å². The molecule has 0 unspecified atom stereocenters. The van der Waals surface area contributed by atoms with Gasteiger partial charge in [-0.2, -0.15) is 13.2 Å². The van der Waals surface area contributed by atoms with Crippen molar-refractivity contribution >= 4 is 35.3 Å². The fourth-order valence-corrected chi connectivity index (χ4v) is 5.41. The second-order valence-electron chi connectivity index (χ2n) is 9.32. The Morgan fingerprint density at radius 2 is 1.81 bits per heavy atom. The van der Waals surface area contributed by atoms with Crippen LogP contribution in [0.4, 0.5) is 18.9 Å². The summed E-state index contributed by atoms with van der Waals surface area (Å²) in [4.78, 5) is 31.0. The number of carbonyl (C=O) groups is 2. The molecule has 2 amide bonds. The van der Waals surface area contributed by atoms with Crippen LogP contribution in [0.25, 0.3) is 6.08 Å². The second-order valence-corrected chi connectivity index (χ2v) is 10.4. The maximum Gasteiger partial charge on any atom is 0.416 e. The van der Waals surface area contributed by atoms with E-state index in [4.69, 9.17) is 0 Å². The first-order valence-corrected chi connectivity index (χ1v) is 13.0. The minimum absolute atomic E-state index is 0.123. The Morgan fingerprint density at radius 1 is 1.11 bits per heavy atom. The first-order chi connectivity index (χ1) is 17.2. The van der Waals surface area contributed by atoms with Gasteiger partial charge in [0.1, 0.15) is 6.54 Å². The first kappa shape index (κ1) is 26.3. The Bertz CT molecular complexity index is 1110. The Morgan fingerprint density at radius 3 is 2.50 bits per heavy atom. The summed E-state index contributed by atoms with van der Waals surface area (Å²) in [5, 5.41) is 2.92. The molecule has 36 heavy (non-hydrogen) atoms. The third-order valence-corrected chi connectivity index (χ3v) is 7.60. The van der Waals surface area contributed by atoms with Crippen LogP contribution in [-0.2, 0) is 15.8 Å². The number of piperidine rings is 1. The molecule has 1 fully saturated rings. The zero-order chi connectivity index (χ0) is 25.7. The number of benzene rings is 2. The summed E-state index contributed by atoms with van der Waals surface area (Å²) < 4.78 is 38.6. The SMILES string of the molecule is CC1CCN(CCCNC(=O)CN2C(=O)/C(=C/c3ccc(C(F)(F)F)cc3)Sc3ccccc32)CC1. The number of likely N-dealkylation sites (tertiary alicyclic amines) is 1. The summed E-state index contributed by atoms with van der Waals surface area (Å²) in [5.74, 6) is 0.185. The van der Waals surface area contributed by atoms with E-state index in [0.717, 1.165) is 49.0 Å². The molecule has 0 bridgehead atoms. The van der Waals surface area contributed by atoms with E-state index in [1.165, 1.54) is 41.6 Å². The number of thioether (sulfide) groups is 1. The highest BCUT2D eigenvalue weighted by Crippen LogP contribution is 2.42. The lowest BCUT2D eigenvalue weighted by Crippen LogP contribution is -2.43. The molecule has 2 aliphatic heterocycles. The molecule has 1 saturated heterocycles. The normalized spacial score (nSPS) is 18.4. The quantitative estimate of drug-likeness (QED) is 0.394. The number of hydrogen-bond acceptors (Lipinski definition) is 4. The molecule has 0 radical (unpaired) electrons. The first-order valence-electron chi connectivity index (χ1n) is 12.2. The number of carbonyl (C=O) groups excluding carboxylic acids is 2. The van der Waals surface area contributed by atoms with Crippen LogP contribution in [0.2, 0.25) is 0 Å². The number of halogens is 3. The van der Waals surface area contributed by atoms with E-state index in [0.29, 0.717) is 22.7 Å². The molecule has 192 valence electrons. The van der Waals surface area contributed by atoms with Crippen molar-refractivity contribution in [3.63, 3.8) is 0 Å². The molecular formula is C27H30F3N3O2S. The third kappa shape index (κ3) is 6.70. The largest absolute Gasteiger partial charge is 0.416 e. The van der Waals surface area contributed by atoms with Crippen molar-refractivity contribution in [1.29, 1.82) is 0 Å². The van der Waals surface area contributed by atoms with Gasteiger partial charge in [-0.25, -0.2) is 0 Å². The zero-order valence-corrected chi connectivity index (χ0v) is 21.0. The number of fused-ring (bicyclic) bond motifs is 1. The van der Waals surface area contributed by atoms with Crippen LogP contribution in [0.15, 0.2) is 58.3 Å². The lowest BCUT2D eigenvalue weighted by Gasteiger charge is -2.30. The molecular weight excluding hydrogens is 487 g/mol. The van der Waals surface area contributed by atoms with Crippen molar-refractivity contribution in [2.75, 3.05) is 37.6 Å². The molecule has 1 N–H and O–H groups in total. The van der Waals surface area contributed by atoms with Crippen LogP contribution in [0.3, 0.4) is 0 Å². The van der Waals surface area contributed by atoms with Gasteiger partial charge in [0.15, 0.2) is 0 Å². The van der Waals surface area contributed by atoms with E-state index in [-0.39, 0.29) is 18.4 Å². The summed E-state index contributed by atoms with van der Waals surface area (Å²) in [7, 11) is 0. The van der Waals surface area contributed by atoms with Crippen LogP contribution in [0.1, 0.15) is 37.3 Å². The van der Waals surface area contributed by atoms with Gasteiger partial charge >= 0.3 is 6.18 Å². The maximum atomic E-state index is 13.3. The van der Waals surface area contributed by atoms with Crippen molar-refractivity contribution in [2.45, 2.75) is 37.3 Å². The average molecular weight is 518 g/mol. The van der Waals surface area contributed by atoms with Crippen LogP contribution in [0.5, 0.6) is 0 Å². The molecule has 4 rings (SSSR count). The van der Waals surface area contributed by atoms with Gasteiger partial charge in [0.25, 0.3) is 5.91 Å². The molecule has 0 aliphatic carbocycles. The minimum Gasteiger partial charge on any atom is -0.355 e. The number of amides is 2. The molecule has 0 spiro atoms. The fourth-order valence-electron chi connectivity index (χ4n) is 4.35. The smallest absolute Gasteiger partial charge is 0.355 e. The number of rotatable bonds is 7. The molecule has 2 aromatic carbocycles. The van der Waals surface area contributed by atoms with Crippen molar-refractivity contribution in [3.8, 4) is 0 Å². The van der Waals surface area contributed by atoms with Gasteiger partial charge in [-0.1, -0.05) is 43.0 Å². The van der Waals surface area contributed by atoms with Crippen molar-refractivity contribution in [2.24, 2.45) is 5.92 Å². The van der Waals surface area contributed by atoms with Gasteiger partial charge in [-0.05, 0) is 80.7 Å². The topological polar surface area (TPSA) is 52.7 Å². The van der Waals surface area contributed by atoms with Crippen molar-refractivity contribution in [3.05, 3.63) is 64.6 Å². The minimum atomic E-state index is -4.42. The molecule has 2 heterocycles. The number of nitrogens with zero attached hydrogens (tertiary/aromatic N) is 2. The summed E-state index contributed by atoms with van der Waals surface area (Å²) in [6.45, 7) is 5.83. The highest BCUT2D eigenvalue weighted by atomic mass is 32.2. The number of anilines is 1. The van der Waals surface area contributed by atoms with E-state index in [9.17, 15) is 22.8 Å². The maximum absolute atomic E-state index is 13.3. The van der Waals surface area contributed by atoms with Gasteiger partial charge in [-0.3, -0.25) is 14.5 Å². The van der Waals surface area contributed by atoms with E-state index < -0.39 is 11.7 Å². The van der Waals surface area contributed by atoms with Crippen molar-refractivity contribution in [1.82, 2.24) is 10.2 Å². The molecule has 0 saturated carbocycles. The number of nitrogens with one attached hydrogen (secondary N) is 1. The van der Waals surface area contributed by atoms with Gasteiger partial charge in [0.2, 0.25) is 5.91 Å². The summed E-state index contributed by atoms with van der Waals surface area (Å²) >= 11 is 1.25. The van der Waals surface area contributed by atoms with Crippen LogP contribution in [-0.4, -0.2) is 49.4 Å². The van der Waals surface area contributed by atoms with Gasteiger partial charge in [0.05, 0.1) is 16.2 Å². The van der Waals surface area contributed by atoms with Crippen LogP contribution >= 0.6 is 11.8 Å². The van der Waals surface area contributed by atoms with Crippen LogP contribution in [0, 0.1) is 5.92 Å². The number of para-hydroxylation sites is 1. The summed E-state index contributed by atoms with van der Waals surface area (Å²) in [5.41, 5.74) is 0.384. The lowest BCUT2D eigenvalue weighted by atomic mass is 9.99. The highest BCUT2D eigenvalue weighted by Gasteiger charge is 2.31. The predicted molar refractivity (Wildman–Crippen MR) is 137 cm³/mol. The second kappa shape index (κ2) is 11.5. The average Bonchev–Trinajstić information content (AvgIpc) is 2.85. The lowest BCUT2D eigenvalue weighted by molar-refractivity contribution is -0.137. The van der Waals surface area contributed by atoms with Gasteiger partial charge in [-0.15, -0.1) is 0 Å². The van der Waals surface area contributed by atoms with Crippen molar-refractivity contribution < 1.29 is 22.8 Å². The Balaban J connectivity index is 1.39. The molecule has 9 heteroatoms. The highest BCUT2D eigenvalue weighted by molar-refractivity contribution is 8.04. The van der Waals surface area contributed by atoms with E-state index in [2.05, 4.69) is 17.1 Å². The van der Waals surface area contributed by atoms with E-state index in [1.54, 1.807) is 12.1 Å². The number of hydrogen-bond donors (Lipinski definition) is 1. The Hall–Kier alpha value is -2.78. The molecule has 5 nitrogen and oxygen atoms in total.